The molecule has 1 aromatic heterocycles. The molecule has 1 aliphatic heterocycles. The van der Waals surface area contributed by atoms with E-state index in [-0.39, 0.29) is 11.8 Å². The molecule has 2 aromatic carbocycles. The molecule has 2 N–H and O–H groups in total. The Morgan fingerprint density at radius 1 is 1.17 bits per heavy atom. The van der Waals surface area contributed by atoms with Crippen LogP contribution in [0.4, 0.5) is 11.4 Å². The first-order chi connectivity index (χ1) is 14.3. The maximum atomic E-state index is 13.4. The van der Waals surface area contributed by atoms with Crippen LogP contribution < -0.4 is 10.2 Å². The molecule has 1 aliphatic rings. The molecule has 154 valence electrons. The average molecular weight is 486 g/mol. The Labute approximate surface area is 186 Å². The van der Waals surface area contributed by atoms with Crippen LogP contribution in [-0.4, -0.2) is 37.8 Å². The lowest BCUT2D eigenvalue weighted by Gasteiger charge is -2.42. The number of nitrogens with one attached hydrogen (secondary N) is 2. The van der Waals surface area contributed by atoms with E-state index in [1.165, 1.54) is 11.8 Å². The molecule has 4 rings (SSSR count). The minimum absolute atomic E-state index is 0.181. The molecule has 0 saturated heterocycles. The largest absolute Gasteiger partial charge is 0.322 e. The lowest BCUT2D eigenvalue weighted by atomic mass is 9.96. The van der Waals surface area contributed by atoms with Crippen LogP contribution in [0.15, 0.2) is 58.2 Å². The molecule has 2 amide bonds. The molecular weight excluding hydrogens is 466 g/mol. The van der Waals surface area contributed by atoms with Crippen molar-refractivity contribution in [1.82, 2.24) is 15.2 Å². The number of hydrogen-bond donors (Lipinski definition) is 2. The van der Waals surface area contributed by atoms with Crippen molar-refractivity contribution in [2.24, 2.45) is 0 Å². The number of thioether (sulfide) groups is 1. The van der Waals surface area contributed by atoms with Crippen LogP contribution in [0.5, 0.6) is 0 Å². The number of H-pyrrole nitrogens is 1. The zero-order valence-electron chi connectivity index (χ0n) is 16.6. The summed E-state index contributed by atoms with van der Waals surface area (Å²) in [5.74, 6) is 0.216. The van der Waals surface area contributed by atoms with Crippen LogP contribution in [-0.2, 0) is 9.59 Å². The fourth-order valence-corrected chi connectivity index (χ4v) is 4.55. The normalized spacial score (nSPS) is 16.0. The van der Waals surface area contributed by atoms with E-state index in [1.54, 1.807) is 31.7 Å². The Kier molecular flexibility index (Phi) is 5.42. The molecule has 0 radical (unpaired) electrons. The summed E-state index contributed by atoms with van der Waals surface area (Å²) >= 11 is 4.76. The highest BCUT2D eigenvalue weighted by Crippen LogP contribution is 2.38. The third kappa shape index (κ3) is 3.63. The highest BCUT2D eigenvalue weighted by atomic mass is 79.9. The van der Waals surface area contributed by atoms with Crippen molar-refractivity contribution >= 4 is 50.9 Å². The minimum atomic E-state index is -1.01. The quantitative estimate of drug-likeness (QED) is 0.531. The molecule has 9 heteroatoms. The summed E-state index contributed by atoms with van der Waals surface area (Å²) < 4.78 is 0.902. The fraction of sp³-hybridized carbons (Fsp3) is 0.238. The Bertz CT molecular complexity index is 1130. The van der Waals surface area contributed by atoms with Gasteiger partial charge < -0.3 is 5.32 Å². The molecule has 7 nitrogen and oxygen atoms in total. The van der Waals surface area contributed by atoms with Gasteiger partial charge in [-0.3, -0.25) is 19.6 Å². The first kappa shape index (κ1) is 20.6. The summed E-state index contributed by atoms with van der Waals surface area (Å²) in [6.07, 6.45) is 0. The molecule has 0 aliphatic carbocycles. The van der Waals surface area contributed by atoms with E-state index >= 15 is 0 Å². The second-order valence-corrected chi connectivity index (χ2v) is 9.57. The number of carbonyl (C=O) groups is 2. The first-order valence-electron chi connectivity index (χ1n) is 9.37. The molecule has 0 saturated carbocycles. The van der Waals surface area contributed by atoms with Crippen LogP contribution in [0, 0.1) is 0 Å². The summed E-state index contributed by atoms with van der Waals surface area (Å²) in [5, 5.41) is 10.0. The number of anilines is 2. The van der Waals surface area contributed by atoms with E-state index in [2.05, 4.69) is 36.4 Å². The van der Waals surface area contributed by atoms with Gasteiger partial charge in [-0.2, -0.15) is 0 Å². The third-order valence-electron chi connectivity index (χ3n) is 4.95. The number of halogens is 1. The number of aromatic nitrogens is 3. The Morgan fingerprint density at radius 3 is 2.63 bits per heavy atom. The van der Waals surface area contributed by atoms with E-state index in [9.17, 15) is 9.59 Å². The second kappa shape index (κ2) is 7.88. The van der Waals surface area contributed by atoms with Crippen molar-refractivity contribution in [1.29, 1.82) is 0 Å². The number of benzene rings is 2. The monoisotopic (exact) mass is 485 g/mol. The Morgan fingerprint density at radius 2 is 1.87 bits per heavy atom. The summed E-state index contributed by atoms with van der Waals surface area (Å²) in [7, 11) is 0. The number of rotatable bonds is 4. The number of hydrogen-bond acceptors (Lipinski definition) is 5. The minimum Gasteiger partial charge on any atom is -0.322 e. The zero-order chi connectivity index (χ0) is 21.5. The number of carbonyl (C=O) groups excluding carboxylic acids is 2. The lowest BCUT2D eigenvalue weighted by molar-refractivity contribution is -0.126. The summed E-state index contributed by atoms with van der Waals surface area (Å²) in [6.45, 7) is 5.28. The van der Waals surface area contributed by atoms with Crippen LogP contribution in [0.3, 0.4) is 0 Å². The predicted molar refractivity (Wildman–Crippen MR) is 121 cm³/mol. The van der Waals surface area contributed by atoms with Gasteiger partial charge in [0.2, 0.25) is 17.0 Å². The van der Waals surface area contributed by atoms with Gasteiger partial charge in [-0.25, -0.2) is 4.98 Å². The van der Waals surface area contributed by atoms with Crippen molar-refractivity contribution in [2.45, 2.75) is 36.7 Å². The van der Waals surface area contributed by atoms with Crippen molar-refractivity contribution in [3.63, 3.8) is 0 Å². The molecular formula is C21H20BrN5O2S. The van der Waals surface area contributed by atoms with Gasteiger partial charge in [-0.05, 0) is 39.0 Å². The van der Waals surface area contributed by atoms with Gasteiger partial charge in [-0.15, -0.1) is 5.10 Å². The number of fused-ring (bicyclic) bond motifs is 1. The maximum Gasteiger partial charge on any atom is 0.250 e. The number of amides is 2. The standard InChI is InChI=1S/C21H20BrN5O2S/c1-12(30-20-24-17(25-26-20)13-8-4-5-9-14(13)22)18(28)27-16-11-7-6-10-15(16)23-19(29)21(27,2)3/h4-12H,1-3H3,(H,23,29)(H,24,25,26). The second-order valence-electron chi connectivity index (χ2n) is 7.41. The average Bonchev–Trinajstić information content (AvgIpc) is 3.17. The summed E-state index contributed by atoms with van der Waals surface area (Å²) in [4.78, 5) is 32.1. The van der Waals surface area contributed by atoms with Crippen LogP contribution in [0.25, 0.3) is 11.4 Å². The van der Waals surface area contributed by atoms with E-state index in [0.29, 0.717) is 22.4 Å². The number of aromatic amines is 1. The third-order valence-corrected chi connectivity index (χ3v) is 6.59. The number of para-hydroxylation sites is 2. The molecule has 1 unspecified atom stereocenters. The van der Waals surface area contributed by atoms with Gasteiger partial charge in [0.1, 0.15) is 5.54 Å². The zero-order valence-corrected chi connectivity index (χ0v) is 19.0. The van der Waals surface area contributed by atoms with Gasteiger partial charge >= 0.3 is 0 Å². The summed E-state index contributed by atoms with van der Waals surface area (Å²) in [6, 6.07) is 15.0. The Balaban J connectivity index is 1.59. The van der Waals surface area contributed by atoms with Crippen molar-refractivity contribution in [2.75, 3.05) is 10.2 Å². The number of nitrogens with zero attached hydrogens (tertiary/aromatic N) is 3. The van der Waals surface area contributed by atoms with E-state index in [1.807, 2.05) is 42.5 Å². The fourth-order valence-electron chi connectivity index (χ4n) is 3.31. The van der Waals surface area contributed by atoms with E-state index < -0.39 is 10.8 Å². The lowest BCUT2D eigenvalue weighted by Crippen LogP contribution is -2.60. The van der Waals surface area contributed by atoms with Crippen LogP contribution in [0.1, 0.15) is 20.8 Å². The molecule has 1 atom stereocenters. The Hall–Kier alpha value is -2.65. The van der Waals surface area contributed by atoms with Gasteiger partial charge in [0, 0.05) is 10.0 Å². The van der Waals surface area contributed by atoms with Gasteiger partial charge in [0.25, 0.3) is 0 Å². The van der Waals surface area contributed by atoms with E-state index in [4.69, 9.17) is 0 Å². The van der Waals surface area contributed by atoms with Crippen molar-refractivity contribution < 1.29 is 9.59 Å². The highest BCUT2D eigenvalue weighted by Gasteiger charge is 2.44. The van der Waals surface area contributed by atoms with Crippen molar-refractivity contribution in [3.05, 3.63) is 53.0 Å². The maximum absolute atomic E-state index is 13.4. The van der Waals surface area contributed by atoms with Gasteiger partial charge in [0.15, 0.2) is 5.82 Å². The van der Waals surface area contributed by atoms with Crippen LogP contribution in [0.2, 0.25) is 0 Å². The van der Waals surface area contributed by atoms with E-state index in [0.717, 1.165) is 10.0 Å². The first-order valence-corrected chi connectivity index (χ1v) is 11.0. The van der Waals surface area contributed by atoms with Gasteiger partial charge in [-0.1, -0.05) is 58.0 Å². The van der Waals surface area contributed by atoms with Crippen molar-refractivity contribution in [3.8, 4) is 11.4 Å². The smallest absolute Gasteiger partial charge is 0.250 e. The molecule has 2 heterocycles. The molecule has 30 heavy (non-hydrogen) atoms. The molecule has 0 bridgehead atoms. The molecule has 0 spiro atoms. The van der Waals surface area contributed by atoms with Crippen LogP contribution >= 0.6 is 27.7 Å². The summed E-state index contributed by atoms with van der Waals surface area (Å²) in [5.41, 5.74) is 1.18. The predicted octanol–water partition coefficient (Wildman–Crippen LogP) is 4.48. The molecule has 3 aromatic rings. The topological polar surface area (TPSA) is 91.0 Å². The molecule has 0 fully saturated rings. The van der Waals surface area contributed by atoms with Gasteiger partial charge in [0.05, 0.1) is 16.6 Å². The SMILES string of the molecule is CC(Sc1n[nH]c(-c2ccccc2Br)n1)C(=O)N1c2ccccc2NC(=O)C1(C)C. The highest BCUT2D eigenvalue weighted by molar-refractivity contribution is 9.10.